The average molecular weight is 344 g/mol. The summed E-state index contributed by atoms with van der Waals surface area (Å²) >= 11 is 0. The van der Waals surface area contributed by atoms with E-state index in [4.69, 9.17) is 0 Å². The van der Waals surface area contributed by atoms with E-state index in [-0.39, 0.29) is 11.7 Å². The Morgan fingerprint density at radius 2 is 1.96 bits per heavy atom. The van der Waals surface area contributed by atoms with Crippen molar-refractivity contribution in [3.63, 3.8) is 0 Å². The number of hydrogen-bond acceptors (Lipinski definition) is 3. The van der Waals surface area contributed by atoms with E-state index in [1.165, 1.54) is 0 Å². The Balaban J connectivity index is 1.79. The lowest BCUT2D eigenvalue weighted by Crippen LogP contribution is -2.25. The van der Waals surface area contributed by atoms with Crippen LogP contribution in [0, 0.1) is 6.92 Å². The van der Waals surface area contributed by atoms with Crippen LogP contribution in [0.5, 0.6) is 0 Å². The topological polar surface area (TPSA) is 66.5 Å². The SMILES string of the molecule is CCN1C(=O)Cc2cc(NS(=O)(=O)Cc3cccc(C)c3)ccc21. The number of amides is 1. The molecular formula is C18H20N2O3S. The van der Waals surface area contributed by atoms with Crippen molar-refractivity contribution in [1.29, 1.82) is 0 Å². The summed E-state index contributed by atoms with van der Waals surface area (Å²) in [5.41, 5.74) is 3.99. The number of carbonyl (C=O) groups excluding carboxylic acids is 1. The Morgan fingerprint density at radius 1 is 1.17 bits per heavy atom. The van der Waals surface area contributed by atoms with E-state index in [0.717, 1.165) is 22.4 Å². The van der Waals surface area contributed by atoms with Crippen LogP contribution in [0.2, 0.25) is 0 Å². The summed E-state index contributed by atoms with van der Waals surface area (Å²) in [6, 6.07) is 12.7. The highest BCUT2D eigenvalue weighted by Crippen LogP contribution is 2.31. The zero-order valence-electron chi connectivity index (χ0n) is 13.7. The summed E-state index contributed by atoms with van der Waals surface area (Å²) in [5, 5.41) is 0. The Hall–Kier alpha value is -2.34. The highest BCUT2D eigenvalue weighted by atomic mass is 32.2. The molecule has 0 unspecified atom stereocenters. The molecule has 0 saturated heterocycles. The predicted octanol–water partition coefficient (Wildman–Crippen LogP) is 2.85. The molecule has 1 N–H and O–H groups in total. The fraction of sp³-hybridized carbons (Fsp3) is 0.278. The molecule has 0 aromatic heterocycles. The molecule has 0 spiro atoms. The van der Waals surface area contributed by atoms with Crippen LogP contribution < -0.4 is 9.62 Å². The monoisotopic (exact) mass is 344 g/mol. The maximum atomic E-state index is 12.4. The van der Waals surface area contributed by atoms with Crippen molar-refractivity contribution in [2.75, 3.05) is 16.2 Å². The minimum Gasteiger partial charge on any atom is -0.312 e. The number of anilines is 2. The van der Waals surface area contributed by atoms with Gasteiger partial charge in [-0.15, -0.1) is 0 Å². The minimum atomic E-state index is -3.50. The van der Waals surface area contributed by atoms with Gasteiger partial charge in [0.2, 0.25) is 15.9 Å². The van der Waals surface area contributed by atoms with Gasteiger partial charge < -0.3 is 4.90 Å². The van der Waals surface area contributed by atoms with Crippen molar-refractivity contribution < 1.29 is 13.2 Å². The number of hydrogen-bond donors (Lipinski definition) is 1. The largest absolute Gasteiger partial charge is 0.312 e. The second-order valence-electron chi connectivity index (χ2n) is 6.01. The molecule has 24 heavy (non-hydrogen) atoms. The molecule has 1 amide bonds. The molecule has 0 atom stereocenters. The van der Waals surface area contributed by atoms with Gasteiger partial charge in [0.25, 0.3) is 0 Å². The second-order valence-corrected chi connectivity index (χ2v) is 7.73. The van der Waals surface area contributed by atoms with Gasteiger partial charge >= 0.3 is 0 Å². The van der Waals surface area contributed by atoms with E-state index < -0.39 is 10.0 Å². The summed E-state index contributed by atoms with van der Waals surface area (Å²) in [5.74, 6) is -0.0292. The number of carbonyl (C=O) groups is 1. The van der Waals surface area contributed by atoms with Gasteiger partial charge in [-0.25, -0.2) is 8.42 Å². The van der Waals surface area contributed by atoms with Crippen LogP contribution >= 0.6 is 0 Å². The Kier molecular flexibility index (Phi) is 4.32. The number of fused-ring (bicyclic) bond motifs is 1. The van der Waals surface area contributed by atoms with Crippen molar-refractivity contribution in [2.45, 2.75) is 26.0 Å². The smallest absolute Gasteiger partial charge is 0.236 e. The maximum Gasteiger partial charge on any atom is 0.236 e. The molecule has 0 bridgehead atoms. The van der Waals surface area contributed by atoms with Gasteiger partial charge in [-0.2, -0.15) is 0 Å². The summed E-state index contributed by atoms with van der Waals surface area (Å²) < 4.78 is 27.4. The Bertz CT molecular complexity index is 891. The molecule has 5 nitrogen and oxygen atoms in total. The van der Waals surface area contributed by atoms with Gasteiger partial charge in [0.1, 0.15) is 0 Å². The molecule has 0 saturated carbocycles. The van der Waals surface area contributed by atoms with Crippen LogP contribution in [0.4, 0.5) is 11.4 Å². The summed E-state index contributed by atoms with van der Waals surface area (Å²) in [6.07, 6.45) is 0.316. The molecule has 2 aromatic rings. The molecule has 1 heterocycles. The summed E-state index contributed by atoms with van der Waals surface area (Å²) in [4.78, 5) is 13.6. The quantitative estimate of drug-likeness (QED) is 0.907. The molecule has 0 fully saturated rings. The zero-order chi connectivity index (χ0) is 17.3. The third-order valence-electron chi connectivity index (χ3n) is 4.04. The van der Waals surface area contributed by atoms with Crippen LogP contribution in [0.1, 0.15) is 23.6 Å². The molecule has 0 radical (unpaired) electrons. The maximum absolute atomic E-state index is 12.4. The van der Waals surface area contributed by atoms with Gasteiger partial charge in [0.15, 0.2) is 0 Å². The molecule has 126 valence electrons. The van der Waals surface area contributed by atoms with Gasteiger partial charge in [-0.3, -0.25) is 9.52 Å². The highest BCUT2D eigenvalue weighted by Gasteiger charge is 2.26. The van der Waals surface area contributed by atoms with Gasteiger partial charge in [-0.05, 0) is 43.2 Å². The van der Waals surface area contributed by atoms with Crippen LogP contribution in [-0.4, -0.2) is 20.9 Å². The van der Waals surface area contributed by atoms with Crippen LogP contribution in [0.25, 0.3) is 0 Å². The van der Waals surface area contributed by atoms with Crippen molar-refractivity contribution in [3.05, 3.63) is 59.2 Å². The first kappa shape index (κ1) is 16.5. The second kappa shape index (κ2) is 6.28. The van der Waals surface area contributed by atoms with Crippen LogP contribution in [0.3, 0.4) is 0 Å². The Morgan fingerprint density at radius 3 is 2.67 bits per heavy atom. The zero-order valence-corrected chi connectivity index (χ0v) is 14.6. The number of likely N-dealkylation sites (N-methyl/N-ethyl adjacent to an activating group) is 1. The van der Waals surface area contributed by atoms with E-state index in [1.54, 1.807) is 29.2 Å². The minimum absolute atomic E-state index is 0.0484. The molecule has 3 rings (SSSR count). The molecule has 1 aliphatic rings. The lowest BCUT2D eigenvalue weighted by Gasteiger charge is -2.15. The lowest BCUT2D eigenvalue weighted by molar-refractivity contribution is -0.117. The van der Waals surface area contributed by atoms with Crippen LogP contribution in [-0.2, 0) is 27.0 Å². The first-order valence-electron chi connectivity index (χ1n) is 7.87. The molecule has 1 aliphatic heterocycles. The van der Waals surface area contributed by atoms with E-state index in [2.05, 4.69) is 4.72 Å². The van der Waals surface area contributed by atoms with Crippen molar-refractivity contribution in [3.8, 4) is 0 Å². The van der Waals surface area contributed by atoms with Crippen molar-refractivity contribution >= 4 is 27.3 Å². The summed E-state index contributed by atoms with van der Waals surface area (Å²) in [6.45, 7) is 4.47. The number of nitrogens with zero attached hydrogens (tertiary/aromatic N) is 1. The van der Waals surface area contributed by atoms with Gasteiger partial charge in [-0.1, -0.05) is 29.8 Å². The molecule has 6 heteroatoms. The normalized spacial score (nSPS) is 13.9. The fourth-order valence-electron chi connectivity index (χ4n) is 3.03. The number of aryl methyl sites for hydroxylation is 1. The third-order valence-corrected chi connectivity index (χ3v) is 5.30. The average Bonchev–Trinajstić information content (AvgIpc) is 2.80. The fourth-order valence-corrected chi connectivity index (χ4v) is 4.21. The van der Waals surface area contributed by atoms with Crippen molar-refractivity contribution in [1.82, 2.24) is 0 Å². The molecular weight excluding hydrogens is 324 g/mol. The predicted molar refractivity (Wildman–Crippen MR) is 95.6 cm³/mol. The number of sulfonamides is 1. The molecule has 2 aromatic carbocycles. The van der Waals surface area contributed by atoms with Crippen molar-refractivity contribution in [2.24, 2.45) is 0 Å². The third kappa shape index (κ3) is 3.43. The highest BCUT2D eigenvalue weighted by molar-refractivity contribution is 7.91. The number of rotatable bonds is 5. The van der Waals surface area contributed by atoms with Gasteiger partial charge in [0, 0.05) is 17.9 Å². The first-order chi connectivity index (χ1) is 11.4. The van der Waals surface area contributed by atoms with Crippen LogP contribution in [0.15, 0.2) is 42.5 Å². The number of nitrogens with one attached hydrogen (secondary N) is 1. The van der Waals surface area contributed by atoms with E-state index in [1.807, 2.05) is 32.0 Å². The van der Waals surface area contributed by atoms with E-state index in [9.17, 15) is 13.2 Å². The first-order valence-corrected chi connectivity index (χ1v) is 9.52. The number of benzene rings is 2. The Labute approximate surface area is 142 Å². The lowest BCUT2D eigenvalue weighted by atomic mass is 10.1. The van der Waals surface area contributed by atoms with E-state index in [0.29, 0.717) is 18.7 Å². The van der Waals surface area contributed by atoms with E-state index >= 15 is 0 Å². The molecule has 0 aliphatic carbocycles. The summed E-state index contributed by atoms with van der Waals surface area (Å²) in [7, 11) is -3.50. The standard InChI is InChI=1S/C18H20N2O3S/c1-3-20-17-8-7-16(10-15(17)11-18(20)21)19-24(22,23)12-14-6-4-5-13(2)9-14/h4-10,19H,3,11-12H2,1-2H3. The van der Waals surface area contributed by atoms with Gasteiger partial charge in [0.05, 0.1) is 12.2 Å².